The zero-order valence-electron chi connectivity index (χ0n) is 14.0. The summed E-state index contributed by atoms with van der Waals surface area (Å²) in [4.78, 5) is 16.9. The molecule has 0 bridgehead atoms. The molecule has 0 aliphatic rings. The summed E-state index contributed by atoms with van der Waals surface area (Å²) < 4.78 is 13.3. The molecule has 0 unspecified atom stereocenters. The minimum absolute atomic E-state index is 0.0968. The van der Waals surface area contributed by atoms with Crippen LogP contribution in [0.2, 0.25) is 0 Å². The zero-order valence-corrected chi connectivity index (χ0v) is 14.8. The number of thiazole rings is 1. The Labute approximate surface area is 153 Å². The highest BCUT2D eigenvalue weighted by atomic mass is 32.1. The van der Waals surface area contributed by atoms with Gasteiger partial charge in [-0.05, 0) is 24.3 Å². The van der Waals surface area contributed by atoms with E-state index in [1.165, 1.54) is 18.4 Å². The largest absolute Gasteiger partial charge is 0.493 e. The van der Waals surface area contributed by atoms with Gasteiger partial charge in [-0.1, -0.05) is 30.3 Å². The van der Waals surface area contributed by atoms with Crippen molar-refractivity contribution in [2.24, 2.45) is 0 Å². The lowest BCUT2D eigenvalue weighted by atomic mass is 10.3. The summed E-state index contributed by atoms with van der Waals surface area (Å²) in [6, 6.07) is 17.3. The molecule has 4 aromatic rings. The normalized spacial score (nSPS) is 10.8. The number of para-hydroxylation sites is 2. The van der Waals surface area contributed by atoms with Gasteiger partial charge in [-0.3, -0.25) is 0 Å². The number of hydrogen-bond donors (Lipinski definition) is 0. The predicted octanol–water partition coefficient (Wildman–Crippen LogP) is 3.85. The van der Waals surface area contributed by atoms with Crippen molar-refractivity contribution < 1.29 is 14.3 Å². The Balaban J connectivity index is 1.53. The maximum Gasteiger partial charge on any atom is 0.363 e. The third-order valence-electron chi connectivity index (χ3n) is 3.78. The van der Waals surface area contributed by atoms with E-state index in [9.17, 15) is 4.79 Å². The van der Waals surface area contributed by atoms with E-state index in [0.29, 0.717) is 5.75 Å². The zero-order chi connectivity index (χ0) is 17.9. The van der Waals surface area contributed by atoms with Gasteiger partial charge in [0, 0.05) is 0 Å². The van der Waals surface area contributed by atoms with Crippen molar-refractivity contribution in [2.75, 3.05) is 7.11 Å². The van der Waals surface area contributed by atoms with Crippen LogP contribution in [0.1, 0.15) is 15.5 Å². The van der Waals surface area contributed by atoms with E-state index in [1.54, 1.807) is 10.9 Å². The van der Waals surface area contributed by atoms with E-state index in [0.717, 1.165) is 20.9 Å². The summed E-state index contributed by atoms with van der Waals surface area (Å²) >= 11 is 1.50. The summed E-state index contributed by atoms with van der Waals surface area (Å²) in [5.41, 5.74) is 1.86. The maximum atomic E-state index is 12.5. The third-order valence-corrected chi connectivity index (χ3v) is 4.79. The van der Waals surface area contributed by atoms with Gasteiger partial charge in [-0.2, -0.15) is 5.10 Å². The lowest BCUT2D eigenvalue weighted by Crippen LogP contribution is -2.08. The molecule has 2 aromatic heterocycles. The molecule has 7 heteroatoms. The molecule has 130 valence electrons. The number of carbonyl (C=O) groups is 1. The Kier molecular flexibility index (Phi) is 4.37. The third kappa shape index (κ3) is 3.16. The number of benzene rings is 2. The second-order valence-electron chi connectivity index (χ2n) is 5.48. The van der Waals surface area contributed by atoms with Crippen LogP contribution < -0.4 is 4.74 Å². The lowest BCUT2D eigenvalue weighted by Gasteiger charge is -2.01. The van der Waals surface area contributed by atoms with Gasteiger partial charge >= 0.3 is 5.97 Å². The Bertz CT molecular complexity index is 1020. The highest BCUT2D eigenvalue weighted by Crippen LogP contribution is 2.24. The number of fused-ring (bicyclic) bond motifs is 1. The smallest absolute Gasteiger partial charge is 0.363 e. The molecule has 0 fully saturated rings. The van der Waals surface area contributed by atoms with E-state index in [2.05, 4.69) is 10.1 Å². The fourth-order valence-corrected chi connectivity index (χ4v) is 3.42. The number of methoxy groups -OCH3 is 1. The van der Waals surface area contributed by atoms with E-state index < -0.39 is 5.97 Å². The fourth-order valence-electron chi connectivity index (χ4n) is 2.54. The number of aromatic nitrogens is 3. The summed E-state index contributed by atoms with van der Waals surface area (Å²) in [5.74, 6) is -0.182. The number of ether oxygens (including phenoxy) is 2. The molecule has 0 N–H and O–H groups in total. The Morgan fingerprint density at radius 1 is 1.12 bits per heavy atom. The van der Waals surface area contributed by atoms with Gasteiger partial charge in [0.05, 0.1) is 29.2 Å². The van der Waals surface area contributed by atoms with Crippen LogP contribution in [-0.2, 0) is 11.3 Å². The molecule has 2 heterocycles. The average molecular weight is 365 g/mol. The molecule has 0 saturated carbocycles. The SMILES string of the molecule is COc1cn(-c2ccccc2)nc1C(=O)OCc1nc2ccccc2s1. The Morgan fingerprint density at radius 3 is 2.65 bits per heavy atom. The van der Waals surface area contributed by atoms with Gasteiger partial charge in [0.1, 0.15) is 11.6 Å². The van der Waals surface area contributed by atoms with Crippen LogP contribution in [0, 0.1) is 0 Å². The highest BCUT2D eigenvalue weighted by molar-refractivity contribution is 7.18. The van der Waals surface area contributed by atoms with Crippen LogP contribution in [0.15, 0.2) is 60.8 Å². The highest BCUT2D eigenvalue weighted by Gasteiger charge is 2.20. The lowest BCUT2D eigenvalue weighted by molar-refractivity contribution is 0.0461. The standard InChI is InChI=1S/C19H15N3O3S/c1-24-15-11-22(13-7-3-2-4-8-13)21-18(15)19(23)25-12-17-20-14-9-5-6-10-16(14)26-17/h2-11H,12H2,1H3. The van der Waals surface area contributed by atoms with Crippen molar-refractivity contribution >= 4 is 27.5 Å². The van der Waals surface area contributed by atoms with Crippen molar-refractivity contribution in [3.8, 4) is 11.4 Å². The number of hydrogen-bond acceptors (Lipinski definition) is 6. The molecule has 4 rings (SSSR count). The second-order valence-corrected chi connectivity index (χ2v) is 6.59. The van der Waals surface area contributed by atoms with Crippen LogP contribution in [0.4, 0.5) is 0 Å². The molecule has 6 nitrogen and oxygen atoms in total. The van der Waals surface area contributed by atoms with E-state index in [4.69, 9.17) is 9.47 Å². The Hall–Kier alpha value is -3.19. The van der Waals surface area contributed by atoms with Crippen molar-refractivity contribution in [3.63, 3.8) is 0 Å². The van der Waals surface area contributed by atoms with Crippen molar-refractivity contribution in [3.05, 3.63) is 71.5 Å². The van der Waals surface area contributed by atoms with Gasteiger partial charge in [0.15, 0.2) is 5.75 Å². The fraction of sp³-hybridized carbons (Fsp3) is 0.105. The topological polar surface area (TPSA) is 66.2 Å². The molecule has 26 heavy (non-hydrogen) atoms. The first-order valence-corrected chi connectivity index (χ1v) is 8.77. The molecule has 0 aliphatic carbocycles. The van der Waals surface area contributed by atoms with E-state index in [1.807, 2.05) is 54.6 Å². The number of nitrogens with zero attached hydrogens (tertiary/aromatic N) is 3. The summed E-state index contributed by atoms with van der Waals surface area (Å²) in [6.45, 7) is 0.0968. The molecule has 0 atom stereocenters. The molecular formula is C19H15N3O3S. The number of carbonyl (C=O) groups excluding carboxylic acids is 1. The first-order chi connectivity index (χ1) is 12.7. The second kappa shape index (κ2) is 6.97. The minimum atomic E-state index is -0.546. The Morgan fingerprint density at radius 2 is 1.88 bits per heavy atom. The van der Waals surface area contributed by atoms with Gasteiger partial charge in [-0.25, -0.2) is 14.5 Å². The molecule has 0 radical (unpaired) electrons. The molecule has 0 spiro atoms. The summed E-state index contributed by atoms with van der Waals surface area (Å²) in [7, 11) is 1.50. The van der Waals surface area contributed by atoms with Gasteiger partial charge < -0.3 is 9.47 Å². The van der Waals surface area contributed by atoms with Crippen LogP contribution in [0.5, 0.6) is 5.75 Å². The van der Waals surface area contributed by atoms with Crippen molar-refractivity contribution in [1.82, 2.24) is 14.8 Å². The van der Waals surface area contributed by atoms with Crippen LogP contribution in [-0.4, -0.2) is 27.8 Å². The van der Waals surface area contributed by atoms with Crippen molar-refractivity contribution in [1.29, 1.82) is 0 Å². The average Bonchev–Trinajstić information content (AvgIpc) is 3.30. The molecule has 0 aliphatic heterocycles. The summed E-state index contributed by atoms with van der Waals surface area (Å²) in [6.07, 6.45) is 1.66. The summed E-state index contributed by atoms with van der Waals surface area (Å²) in [5, 5.41) is 5.04. The molecule has 0 saturated heterocycles. The maximum absolute atomic E-state index is 12.5. The predicted molar refractivity (Wildman–Crippen MR) is 98.9 cm³/mol. The van der Waals surface area contributed by atoms with Crippen LogP contribution in [0.25, 0.3) is 15.9 Å². The van der Waals surface area contributed by atoms with Crippen molar-refractivity contribution in [2.45, 2.75) is 6.61 Å². The van der Waals surface area contributed by atoms with E-state index >= 15 is 0 Å². The van der Waals surface area contributed by atoms with Gasteiger partial charge in [-0.15, -0.1) is 11.3 Å². The van der Waals surface area contributed by atoms with Gasteiger partial charge in [0.2, 0.25) is 5.69 Å². The van der Waals surface area contributed by atoms with E-state index in [-0.39, 0.29) is 12.3 Å². The molecular weight excluding hydrogens is 350 g/mol. The first kappa shape index (κ1) is 16.3. The minimum Gasteiger partial charge on any atom is -0.493 e. The van der Waals surface area contributed by atoms with Crippen LogP contribution >= 0.6 is 11.3 Å². The number of esters is 1. The molecule has 2 aromatic carbocycles. The number of rotatable bonds is 5. The van der Waals surface area contributed by atoms with Gasteiger partial charge in [0.25, 0.3) is 0 Å². The van der Waals surface area contributed by atoms with Crippen LogP contribution in [0.3, 0.4) is 0 Å². The quantitative estimate of drug-likeness (QED) is 0.503. The monoisotopic (exact) mass is 365 g/mol. The molecule has 0 amide bonds. The first-order valence-electron chi connectivity index (χ1n) is 7.95.